The highest BCUT2D eigenvalue weighted by Crippen LogP contribution is 2.41. The molecule has 1 fully saturated rings. The third-order valence-electron chi connectivity index (χ3n) is 5.20. The molecule has 0 spiro atoms. The second kappa shape index (κ2) is 7.32. The van der Waals surface area contributed by atoms with E-state index in [1.165, 1.54) is 0 Å². The van der Waals surface area contributed by atoms with Gasteiger partial charge in [0.2, 0.25) is 11.8 Å². The van der Waals surface area contributed by atoms with Gasteiger partial charge in [0, 0.05) is 17.9 Å². The van der Waals surface area contributed by atoms with Crippen molar-refractivity contribution in [3.05, 3.63) is 59.2 Å². The van der Waals surface area contributed by atoms with Gasteiger partial charge < -0.3 is 10.2 Å². The summed E-state index contributed by atoms with van der Waals surface area (Å²) in [7, 11) is 0. The van der Waals surface area contributed by atoms with Crippen LogP contribution in [0, 0.1) is 32.6 Å². The van der Waals surface area contributed by atoms with Crippen molar-refractivity contribution in [2.45, 2.75) is 34.1 Å². The van der Waals surface area contributed by atoms with Gasteiger partial charge in [0.25, 0.3) is 0 Å². The van der Waals surface area contributed by atoms with Crippen LogP contribution in [0.1, 0.15) is 30.0 Å². The summed E-state index contributed by atoms with van der Waals surface area (Å²) < 4.78 is 0. The third-order valence-corrected chi connectivity index (χ3v) is 5.20. The van der Waals surface area contributed by atoms with Gasteiger partial charge in [-0.1, -0.05) is 24.3 Å². The van der Waals surface area contributed by atoms with E-state index >= 15 is 0 Å². The van der Waals surface area contributed by atoms with E-state index in [1.54, 1.807) is 4.90 Å². The van der Waals surface area contributed by atoms with E-state index in [2.05, 4.69) is 5.32 Å². The molecule has 26 heavy (non-hydrogen) atoms. The Hall–Kier alpha value is -2.62. The molecule has 0 saturated heterocycles. The van der Waals surface area contributed by atoms with Gasteiger partial charge in [-0.3, -0.25) is 9.59 Å². The highest BCUT2D eigenvalue weighted by molar-refractivity contribution is 6.04. The number of hydrogen-bond acceptors (Lipinski definition) is 2. The highest BCUT2D eigenvalue weighted by Gasteiger charge is 2.49. The minimum absolute atomic E-state index is 0.0409. The van der Waals surface area contributed by atoms with Gasteiger partial charge in [-0.25, -0.2) is 0 Å². The predicted octanol–water partition coefficient (Wildman–Crippen LogP) is 4.24. The Kier molecular flexibility index (Phi) is 5.12. The summed E-state index contributed by atoms with van der Waals surface area (Å²) in [6.07, 6.45) is 0.623. The standard InChI is InChI=1S/C22H26N2O2/c1-5-24(17-10-6-8-14(2)12-17)22(26)19-13-18(19)21(25)23-20-11-7-9-15(3)16(20)4/h6-12,18-19H,5,13H2,1-4H3,(H,23,25). The van der Waals surface area contributed by atoms with Crippen LogP contribution in [-0.2, 0) is 9.59 Å². The normalized spacial score (nSPS) is 18.3. The summed E-state index contributed by atoms with van der Waals surface area (Å²) in [5.74, 6) is -0.474. The molecule has 0 aromatic heterocycles. The summed E-state index contributed by atoms with van der Waals surface area (Å²) in [6.45, 7) is 8.60. The lowest BCUT2D eigenvalue weighted by Crippen LogP contribution is -2.33. The topological polar surface area (TPSA) is 49.4 Å². The molecule has 1 aliphatic carbocycles. The zero-order chi connectivity index (χ0) is 18.8. The van der Waals surface area contributed by atoms with Crippen LogP contribution in [-0.4, -0.2) is 18.4 Å². The molecule has 2 atom stereocenters. The first-order valence-corrected chi connectivity index (χ1v) is 9.17. The Morgan fingerprint density at radius 2 is 1.81 bits per heavy atom. The number of amides is 2. The molecule has 2 aromatic carbocycles. The van der Waals surface area contributed by atoms with E-state index < -0.39 is 0 Å². The number of carbonyl (C=O) groups excluding carboxylic acids is 2. The van der Waals surface area contributed by atoms with Crippen LogP contribution in [0.2, 0.25) is 0 Å². The summed E-state index contributed by atoms with van der Waals surface area (Å²) >= 11 is 0. The monoisotopic (exact) mass is 350 g/mol. The van der Waals surface area contributed by atoms with Crippen molar-refractivity contribution >= 4 is 23.2 Å². The molecule has 0 radical (unpaired) electrons. The predicted molar refractivity (Wildman–Crippen MR) is 105 cm³/mol. The lowest BCUT2D eigenvalue weighted by atomic mass is 10.1. The number of carbonyl (C=O) groups is 2. The van der Waals surface area contributed by atoms with Crippen molar-refractivity contribution in [2.75, 3.05) is 16.8 Å². The molecule has 3 rings (SSSR count). The quantitative estimate of drug-likeness (QED) is 0.877. The highest BCUT2D eigenvalue weighted by atomic mass is 16.2. The molecule has 2 unspecified atom stereocenters. The Morgan fingerprint density at radius 3 is 2.50 bits per heavy atom. The molecule has 4 nitrogen and oxygen atoms in total. The molecule has 1 saturated carbocycles. The molecule has 0 heterocycles. The fraction of sp³-hybridized carbons (Fsp3) is 0.364. The van der Waals surface area contributed by atoms with Crippen LogP contribution in [0.25, 0.3) is 0 Å². The summed E-state index contributed by atoms with van der Waals surface area (Å²) in [6, 6.07) is 13.8. The fourth-order valence-electron chi connectivity index (χ4n) is 3.33. The maximum Gasteiger partial charge on any atom is 0.230 e. The largest absolute Gasteiger partial charge is 0.326 e. The Morgan fingerprint density at radius 1 is 1.08 bits per heavy atom. The van der Waals surface area contributed by atoms with E-state index in [9.17, 15) is 9.59 Å². The van der Waals surface area contributed by atoms with Crippen molar-refractivity contribution in [3.63, 3.8) is 0 Å². The minimum atomic E-state index is -0.235. The average Bonchev–Trinajstić information content (AvgIpc) is 3.40. The molecular weight excluding hydrogens is 324 g/mol. The Bertz CT molecular complexity index is 844. The number of rotatable bonds is 5. The minimum Gasteiger partial charge on any atom is -0.326 e. The van der Waals surface area contributed by atoms with Crippen molar-refractivity contribution in [1.29, 1.82) is 0 Å². The molecule has 0 aliphatic heterocycles. The van der Waals surface area contributed by atoms with E-state index in [0.717, 1.165) is 28.1 Å². The van der Waals surface area contributed by atoms with Crippen LogP contribution < -0.4 is 10.2 Å². The number of anilines is 2. The fourth-order valence-corrected chi connectivity index (χ4v) is 3.33. The number of hydrogen-bond donors (Lipinski definition) is 1. The average molecular weight is 350 g/mol. The van der Waals surface area contributed by atoms with Crippen LogP contribution in [0.5, 0.6) is 0 Å². The summed E-state index contributed by atoms with van der Waals surface area (Å²) in [5, 5.41) is 2.99. The molecule has 2 aromatic rings. The zero-order valence-corrected chi connectivity index (χ0v) is 15.9. The second-order valence-electron chi connectivity index (χ2n) is 7.11. The van der Waals surface area contributed by atoms with Crippen LogP contribution in [0.15, 0.2) is 42.5 Å². The molecule has 1 aliphatic rings. The van der Waals surface area contributed by atoms with E-state index in [-0.39, 0.29) is 23.7 Å². The van der Waals surface area contributed by atoms with Crippen molar-refractivity contribution < 1.29 is 9.59 Å². The first-order valence-electron chi connectivity index (χ1n) is 9.17. The van der Waals surface area contributed by atoms with Crippen LogP contribution in [0.4, 0.5) is 11.4 Å². The number of nitrogens with zero attached hydrogens (tertiary/aromatic N) is 1. The van der Waals surface area contributed by atoms with Gasteiger partial charge in [0.15, 0.2) is 0 Å². The van der Waals surface area contributed by atoms with Gasteiger partial charge in [-0.15, -0.1) is 0 Å². The van der Waals surface area contributed by atoms with Crippen LogP contribution in [0.3, 0.4) is 0 Å². The summed E-state index contributed by atoms with van der Waals surface area (Å²) in [5.41, 5.74) is 5.06. The van der Waals surface area contributed by atoms with Crippen LogP contribution >= 0.6 is 0 Å². The van der Waals surface area contributed by atoms with E-state index in [1.807, 2.05) is 70.2 Å². The molecule has 136 valence electrons. The molecule has 0 bridgehead atoms. The van der Waals surface area contributed by atoms with E-state index in [4.69, 9.17) is 0 Å². The number of nitrogens with one attached hydrogen (secondary N) is 1. The lowest BCUT2D eigenvalue weighted by Gasteiger charge is -2.21. The van der Waals surface area contributed by atoms with Crippen molar-refractivity contribution in [1.82, 2.24) is 0 Å². The smallest absolute Gasteiger partial charge is 0.230 e. The molecule has 4 heteroatoms. The lowest BCUT2D eigenvalue weighted by molar-refractivity contribution is -0.123. The first kappa shape index (κ1) is 18.2. The van der Waals surface area contributed by atoms with Crippen molar-refractivity contribution in [3.8, 4) is 0 Å². The molecule has 1 N–H and O–H groups in total. The Labute approximate surface area is 155 Å². The molecule has 2 amide bonds. The van der Waals surface area contributed by atoms with Gasteiger partial charge in [-0.2, -0.15) is 0 Å². The maximum atomic E-state index is 12.9. The second-order valence-corrected chi connectivity index (χ2v) is 7.11. The van der Waals surface area contributed by atoms with Gasteiger partial charge in [0.1, 0.15) is 0 Å². The van der Waals surface area contributed by atoms with E-state index in [0.29, 0.717) is 13.0 Å². The SMILES string of the molecule is CCN(C(=O)C1CC1C(=O)Nc1cccc(C)c1C)c1cccc(C)c1. The van der Waals surface area contributed by atoms with Gasteiger partial charge in [0.05, 0.1) is 11.8 Å². The first-order chi connectivity index (χ1) is 12.4. The third kappa shape index (κ3) is 3.64. The van der Waals surface area contributed by atoms with Gasteiger partial charge >= 0.3 is 0 Å². The Balaban J connectivity index is 1.67. The molecular formula is C22H26N2O2. The maximum absolute atomic E-state index is 12.9. The summed E-state index contributed by atoms with van der Waals surface area (Å²) in [4.78, 5) is 27.2. The van der Waals surface area contributed by atoms with Crippen molar-refractivity contribution in [2.24, 2.45) is 11.8 Å². The number of benzene rings is 2. The van der Waals surface area contributed by atoms with Gasteiger partial charge in [-0.05, 0) is 69.0 Å². The number of aryl methyl sites for hydroxylation is 2. The zero-order valence-electron chi connectivity index (χ0n) is 15.9.